The minimum absolute atomic E-state index is 0.212. The standard InChI is InChI=1S/C24H28FN5S/c1-26-24(31)27-12-15-29-13-10-18(11-14-29)16-23-28-21-4-2-3-5-22(21)30(23)17-19-6-8-20(25)9-7-19/h2-9,16H,10-15,17H2,1H3,(H2,26,27,31). The fraction of sp³-hybridized carbons (Fsp3) is 0.333. The van der Waals surface area contributed by atoms with Crippen LogP contribution >= 0.6 is 12.2 Å². The van der Waals surface area contributed by atoms with Gasteiger partial charge in [-0.15, -0.1) is 0 Å². The largest absolute Gasteiger partial charge is 0.366 e. The highest BCUT2D eigenvalue weighted by atomic mass is 32.1. The van der Waals surface area contributed by atoms with E-state index >= 15 is 0 Å². The van der Waals surface area contributed by atoms with Crippen LogP contribution in [0.4, 0.5) is 4.39 Å². The zero-order chi connectivity index (χ0) is 21.6. The highest BCUT2D eigenvalue weighted by Gasteiger charge is 2.16. The summed E-state index contributed by atoms with van der Waals surface area (Å²) < 4.78 is 15.6. The van der Waals surface area contributed by atoms with Crippen LogP contribution in [0.25, 0.3) is 17.1 Å². The molecule has 2 heterocycles. The van der Waals surface area contributed by atoms with Crippen molar-refractivity contribution < 1.29 is 4.39 Å². The second-order valence-electron chi connectivity index (χ2n) is 7.82. The van der Waals surface area contributed by atoms with Gasteiger partial charge in [0.05, 0.1) is 11.0 Å². The SMILES string of the molecule is CNC(=S)NCCN1CCC(=Cc2nc3ccccc3n2Cc2ccc(F)cc2)CC1. The predicted octanol–water partition coefficient (Wildman–Crippen LogP) is 3.80. The minimum Gasteiger partial charge on any atom is -0.366 e. The van der Waals surface area contributed by atoms with E-state index in [1.807, 2.05) is 37.4 Å². The lowest BCUT2D eigenvalue weighted by Crippen LogP contribution is -2.40. The molecule has 1 saturated heterocycles. The average Bonchev–Trinajstić information content (AvgIpc) is 3.13. The molecule has 1 aromatic heterocycles. The molecule has 2 N–H and O–H groups in total. The number of nitrogens with one attached hydrogen (secondary N) is 2. The van der Waals surface area contributed by atoms with Gasteiger partial charge in [0.1, 0.15) is 11.6 Å². The van der Waals surface area contributed by atoms with Gasteiger partial charge >= 0.3 is 0 Å². The molecular formula is C24H28FN5S. The molecule has 2 aromatic carbocycles. The van der Waals surface area contributed by atoms with E-state index in [1.165, 1.54) is 17.7 Å². The summed E-state index contributed by atoms with van der Waals surface area (Å²) in [6.45, 7) is 4.59. The van der Waals surface area contributed by atoms with E-state index in [9.17, 15) is 4.39 Å². The summed E-state index contributed by atoms with van der Waals surface area (Å²) in [5.41, 5.74) is 4.57. The lowest BCUT2D eigenvalue weighted by Gasteiger charge is -2.28. The van der Waals surface area contributed by atoms with Crippen LogP contribution in [-0.4, -0.2) is 52.8 Å². The minimum atomic E-state index is -0.212. The number of fused-ring (bicyclic) bond motifs is 1. The van der Waals surface area contributed by atoms with Crippen molar-refractivity contribution in [3.05, 3.63) is 71.3 Å². The van der Waals surface area contributed by atoms with Crippen LogP contribution in [0.2, 0.25) is 0 Å². The Morgan fingerprint density at radius 3 is 2.61 bits per heavy atom. The smallest absolute Gasteiger partial charge is 0.166 e. The lowest BCUT2D eigenvalue weighted by molar-refractivity contribution is 0.261. The maximum absolute atomic E-state index is 13.3. The van der Waals surface area contributed by atoms with Gasteiger partial charge in [0.2, 0.25) is 0 Å². The lowest BCUT2D eigenvalue weighted by atomic mass is 10.0. The van der Waals surface area contributed by atoms with Crippen molar-refractivity contribution in [2.45, 2.75) is 19.4 Å². The molecule has 1 aliphatic heterocycles. The number of para-hydroxylation sites is 2. The second-order valence-corrected chi connectivity index (χ2v) is 8.23. The monoisotopic (exact) mass is 437 g/mol. The normalized spacial score (nSPS) is 14.6. The fourth-order valence-corrected chi connectivity index (χ4v) is 4.05. The molecule has 0 atom stereocenters. The molecule has 31 heavy (non-hydrogen) atoms. The third-order valence-corrected chi connectivity index (χ3v) is 6.06. The van der Waals surface area contributed by atoms with Gasteiger partial charge in [0.25, 0.3) is 0 Å². The predicted molar refractivity (Wildman–Crippen MR) is 129 cm³/mol. The Morgan fingerprint density at radius 2 is 1.87 bits per heavy atom. The number of rotatable bonds is 6. The van der Waals surface area contributed by atoms with Gasteiger partial charge in [-0.25, -0.2) is 9.37 Å². The quantitative estimate of drug-likeness (QED) is 0.575. The molecule has 0 bridgehead atoms. The molecular weight excluding hydrogens is 409 g/mol. The van der Waals surface area contributed by atoms with Crippen molar-refractivity contribution in [1.82, 2.24) is 25.1 Å². The third kappa shape index (κ3) is 5.48. The van der Waals surface area contributed by atoms with E-state index in [4.69, 9.17) is 17.2 Å². The Hall–Kier alpha value is -2.77. The summed E-state index contributed by atoms with van der Waals surface area (Å²) >= 11 is 5.13. The zero-order valence-corrected chi connectivity index (χ0v) is 18.6. The number of imidazole rings is 1. The summed E-state index contributed by atoms with van der Waals surface area (Å²) in [7, 11) is 1.83. The van der Waals surface area contributed by atoms with Gasteiger partial charge < -0.3 is 20.1 Å². The Kier molecular flexibility index (Phi) is 6.94. The van der Waals surface area contributed by atoms with Crippen molar-refractivity contribution >= 4 is 34.4 Å². The van der Waals surface area contributed by atoms with Crippen molar-refractivity contribution in [3.8, 4) is 0 Å². The summed E-state index contributed by atoms with van der Waals surface area (Å²) in [5, 5.41) is 6.84. The van der Waals surface area contributed by atoms with Gasteiger partial charge in [-0.2, -0.15) is 0 Å². The first-order chi connectivity index (χ1) is 15.1. The summed E-state index contributed by atoms with van der Waals surface area (Å²) in [5.74, 6) is 0.756. The van der Waals surface area contributed by atoms with Gasteiger partial charge in [-0.05, 0) is 61.0 Å². The number of thiocarbonyl (C=S) groups is 1. The first kappa shape index (κ1) is 21.5. The van der Waals surface area contributed by atoms with Gasteiger partial charge in [-0.3, -0.25) is 0 Å². The Bertz CT molecular complexity index is 1060. The van der Waals surface area contributed by atoms with Gasteiger partial charge in [0, 0.05) is 39.8 Å². The fourth-order valence-electron chi connectivity index (χ4n) is 3.95. The van der Waals surface area contributed by atoms with Crippen LogP contribution in [0, 0.1) is 5.82 Å². The maximum Gasteiger partial charge on any atom is 0.166 e. The van der Waals surface area contributed by atoms with E-state index in [-0.39, 0.29) is 5.82 Å². The first-order valence-electron chi connectivity index (χ1n) is 10.7. The van der Waals surface area contributed by atoms with E-state index in [2.05, 4.69) is 32.2 Å². The number of halogens is 1. The van der Waals surface area contributed by atoms with Gasteiger partial charge in [0.15, 0.2) is 5.11 Å². The molecule has 5 nitrogen and oxygen atoms in total. The zero-order valence-electron chi connectivity index (χ0n) is 17.8. The summed E-state index contributed by atoms with van der Waals surface area (Å²) in [4.78, 5) is 7.35. The molecule has 0 radical (unpaired) electrons. The highest BCUT2D eigenvalue weighted by molar-refractivity contribution is 7.80. The van der Waals surface area contributed by atoms with Crippen molar-refractivity contribution in [1.29, 1.82) is 0 Å². The summed E-state index contributed by atoms with van der Waals surface area (Å²) in [6.07, 6.45) is 4.32. The number of hydrogen-bond acceptors (Lipinski definition) is 3. The Balaban J connectivity index is 1.47. The topological polar surface area (TPSA) is 45.1 Å². The van der Waals surface area contributed by atoms with Crippen molar-refractivity contribution in [2.24, 2.45) is 0 Å². The average molecular weight is 438 g/mol. The molecule has 3 aromatic rings. The molecule has 162 valence electrons. The molecule has 1 fully saturated rings. The molecule has 0 aliphatic carbocycles. The maximum atomic E-state index is 13.3. The van der Waals surface area contributed by atoms with Crippen molar-refractivity contribution in [3.63, 3.8) is 0 Å². The van der Waals surface area contributed by atoms with Crippen LogP contribution in [0.15, 0.2) is 54.1 Å². The van der Waals surface area contributed by atoms with Crippen LogP contribution < -0.4 is 10.6 Å². The number of benzene rings is 2. The Morgan fingerprint density at radius 1 is 1.13 bits per heavy atom. The molecule has 7 heteroatoms. The van der Waals surface area contributed by atoms with Crippen LogP contribution in [0.3, 0.4) is 0 Å². The van der Waals surface area contributed by atoms with E-state index < -0.39 is 0 Å². The molecule has 4 rings (SSSR count). The number of aromatic nitrogens is 2. The number of nitrogens with zero attached hydrogens (tertiary/aromatic N) is 3. The highest BCUT2D eigenvalue weighted by Crippen LogP contribution is 2.23. The first-order valence-corrected chi connectivity index (χ1v) is 11.1. The van der Waals surface area contributed by atoms with Crippen molar-refractivity contribution in [2.75, 3.05) is 33.2 Å². The van der Waals surface area contributed by atoms with E-state index in [1.54, 1.807) is 0 Å². The number of hydrogen-bond donors (Lipinski definition) is 2. The number of likely N-dealkylation sites (tertiary alicyclic amines) is 1. The second kappa shape index (κ2) is 10.0. The summed E-state index contributed by atoms with van der Waals surface area (Å²) in [6, 6.07) is 14.9. The van der Waals surface area contributed by atoms with Crippen LogP contribution in [0.1, 0.15) is 24.2 Å². The molecule has 0 unspecified atom stereocenters. The van der Waals surface area contributed by atoms with E-state index in [0.29, 0.717) is 11.7 Å². The van der Waals surface area contributed by atoms with Crippen LogP contribution in [0.5, 0.6) is 0 Å². The Labute approximate surface area is 188 Å². The molecule has 0 amide bonds. The molecule has 0 spiro atoms. The molecule has 1 aliphatic rings. The number of piperidine rings is 1. The van der Waals surface area contributed by atoms with Gasteiger partial charge in [-0.1, -0.05) is 29.8 Å². The third-order valence-electron chi connectivity index (χ3n) is 5.71. The molecule has 0 saturated carbocycles. The van der Waals surface area contributed by atoms with E-state index in [0.717, 1.165) is 61.4 Å². The van der Waals surface area contributed by atoms with Crippen LogP contribution in [-0.2, 0) is 6.54 Å².